The van der Waals surface area contributed by atoms with Gasteiger partial charge in [-0.2, -0.15) is 4.98 Å². The van der Waals surface area contributed by atoms with Gasteiger partial charge in [0, 0.05) is 24.8 Å². The van der Waals surface area contributed by atoms with Gasteiger partial charge in [0.1, 0.15) is 11.5 Å². The first-order chi connectivity index (χ1) is 13.5. The van der Waals surface area contributed by atoms with Gasteiger partial charge in [-0.15, -0.1) is 0 Å². The Morgan fingerprint density at radius 3 is 2.75 bits per heavy atom. The van der Waals surface area contributed by atoms with Gasteiger partial charge in [0.15, 0.2) is 5.82 Å². The first-order valence-electron chi connectivity index (χ1n) is 9.74. The lowest BCUT2D eigenvalue weighted by molar-refractivity contribution is 0.191. The number of aromatic nitrogens is 2. The van der Waals surface area contributed by atoms with Crippen LogP contribution in [0.3, 0.4) is 0 Å². The van der Waals surface area contributed by atoms with E-state index in [1.807, 2.05) is 11.9 Å². The van der Waals surface area contributed by atoms with Gasteiger partial charge in [-0.25, -0.2) is 19.2 Å². The van der Waals surface area contributed by atoms with Crippen molar-refractivity contribution in [1.29, 1.82) is 0 Å². The van der Waals surface area contributed by atoms with Crippen LogP contribution < -0.4 is 15.2 Å². The van der Waals surface area contributed by atoms with Crippen LogP contribution in [-0.2, 0) is 0 Å². The largest absolute Gasteiger partial charge is 0.343 e. The van der Waals surface area contributed by atoms with Crippen molar-refractivity contribution in [2.75, 3.05) is 28.8 Å². The third kappa shape index (κ3) is 3.02. The molecule has 1 fully saturated rings. The summed E-state index contributed by atoms with van der Waals surface area (Å²) in [4.78, 5) is 23.5. The Balaban J connectivity index is 1.75. The van der Waals surface area contributed by atoms with Crippen LogP contribution in [0.25, 0.3) is 0 Å². The zero-order valence-electron chi connectivity index (χ0n) is 16.4. The highest BCUT2D eigenvalue weighted by Crippen LogP contribution is 2.39. The maximum Gasteiger partial charge on any atom is 0.343 e. The lowest BCUT2D eigenvalue weighted by atomic mass is 10.2. The normalized spacial score (nSPS) is 17.3. The number of amides is 2. The number of anilines is 4. The van der Waals surface area contributed by atoms with Crippen LogP contribution in [-0.4, -0.2) is 40.6 Å². The Morgan fingerprint density at radius 1 is 1.29 bits per heavy atom. The van der Waals surface area contributed by atoms with E-state index in [0.29, 0.717) is 35.2 Å². The van der Waals surface area contributed by atoms with Gasteiger partial charge < -0.3 is 5.32 Å². The van der Waals surface area contributed by atoms with E-state index in [2.05, 4.69) is 10.3 Å². The van der Waals surface area contributed by atoms with Crippen LogP contribution in [0.2, 0.25) is 0 Å². The van der Waals surface area contributed by atoms with Crippen molar-refractivity contribution in [2.45, 2.75) is 45.6 Å². The summed E-state index contributed by atoms with van der Waals surface area (Å²) < 4.78 is 13.9. The van der Waals surface area contributed by atoms with E-state index in [1.165, 1.54) is 6.07 Å². The van der Waals surface area contributed by atoms with Crippen molar-refractivity contribution in [2.24, 2.45) is 0 Å². The molecule has 0 bridgehead atoms. The molecule has 4 rings (SSSR count). The number of hydrogen-bond donors (Lipinski definition) is 1. The summed E-state index contributed by atoms with van der Waals surface area (Å²) in [6.07, 6.45) is 6.02. The summed E-state index contributed by atoms with van der Waals surface area (Å²) in [5.74, 6) is 0.815. The van der Waals surface area contributed by atoms with E-state index < -0.39 is 0 Å². The van der Waals surface area contributed by atoms with Gasteiger partial charge in [-0.3, -0.25) is 9.91 Å². The second-order valence-corrected chi connectivity index (χ2v) is 7.28. The summed E-state index contributed by atoms with van der Waals surface area (Å²) in [5, 5.41) is 6.91. The van der Waals surface area contributed by atoms with Gasteiger partial charge in [-0.05, 0) is 38.8 Å². The van der Waals surface area contributed by atoms with Crippen molar-refractivity contribution in [3.63, 3.8) is 0 Å². The van der Waals surface area contributed by atoms with Crippen molar-refractivity contribution in [3.05, 3.63) is 35.8 Å². The van der Waals surface area contributed by atoms with Crippen LogP contribution in [0.1, 0.15) is 38.2 Å². The molecule has 2 amide bonds. The summed E-state index contributed by atoms with van der Waals surface area (Å²) in [6.45, 7) is 4.25. The van der Waals surface area contributed by atoms with E-state index in [9.17, 15) is 9.18 Å². The van der Waals surface area contributed by atoms with Crippen LogP contribution in [0.15, 0.2) is 24.4 Å². The maximum absolute atomic E-state index is 13.9. The van der Waals surface area contributed by atoms with E-state index in [1.54, 1.807) is 42.2 Å². The molecule has 1 N–H and O–H groups in total. The highest BCUT2D eigenvalue weighted by molar-refractivity contribution is 5.98. The Morgan fingerprint density at radius 2 is 2.04 bits per heavy atom. The molecule has 0 spiro atoms. The molecule has 28 heavy (non-hydrogen) atoms. The lowest BCUT2D eigenvalue weighted by Crippen LogP contribution is -2.59. The number of fused-ring (bicyclic) bond motifs is 1. The fraction of sp³-hybridized carbons (Fsp3) is 0.450. The zero-order chi connectivity index (χ0) is 19.8. The molecule has 1 aliphatic carbocycles. The minimum Gasteiger partial charge on any atom is -0.324 e. The maximum atomic E-state index is 13.9. The molecule has 0 radical (unpaired) electrons. The predicted molar refractivity (Wildman–Crippen MR) is 107 cm³/mol. The molecule has 1 aliphatic heterocycles. The quantitative estimate of drug-likeness (QED) is 0.855. The van der Waals surface area contributed by atoms with Gasteiger partial charge >= 0.3 is 6.03 Å². The van der Waals surface area contributed by atoms with Crippen LogP contribution in [0.5, 0.6) is 0 Å². The lowest BCUT2D eigenvalue weighted by Gasteiger charge is -2.45. The number of benzene rings is 1. The Labute approximate surface area is 164 Å². The molecule has 1 saturated carbocycles. The summed E-state index contributed by atoms with van der Waals surface area (Å²) in [6, 6.07) is 5.04. The molecule has 0 saturated heterocycles. The summed E-state index contributed by atoms with van der Waals surface area (Å²) >= 11 is 0. The second-order valence-electron chi connectivity index (χ2n) is 7.28. The number of halogens is 1. The second kappa shape index (κ2) is 7.26. The van der Waals surface area contributed by atoms with Crippen LogP contribution >= 0.6 is 0 Å². The molecule has 2 aliphatic rings. The third-order valence-electron chi connectivity index (χ3n) is 5.58. The molecule has 2 heterocycles. The Bertz CT molecular complexity index is 898. The van der Waals surface area contributed by atoms with E-state index in [-0.39, 0.29) is 17.9 Å². The number of nitrogens with one attached hydrogen (secondary N) is 1. The molecule has 0 atom stereocenters. The van der Waals surface area contributed by atoms with Gasteiger partial charge in [-0.1, -0.05) is 18.9 Å². The molecular weight excluding hydrogens is 359 g/mol. The van der Waals surface area contributed by atoms with Crippen molar-refractivity contribution >= 4 is 29.2 Å². The topological polar surface area (TPSA) is 64.6 Å². The number of urea groups is 1. The molecule has 1 aromatic carbocycles. The number of carbonyl (C=O) groups excluding carboxylic acids is 1. The minimum absolute atomic E-state index is 0.0767. The predicted octanol–water partition coefficient (Wildman–Crippen LogP) is 4.22. The van der Waals surface area contributed by atoms with Gasteiger partial charge in [0.05, 0.1) is 12.2 Å². The number of rotatable bonds is 4. The zero-order valence-corrected chi connectivity index (χ0v) is 16.4. The average molecular weight is 384 g/mol. The highest BCUT2D eigenvalue weighted by Gasteiger charge is 2.39. The standard InChI is InChI=1S/C20H25FN6O/c1-4-26-20(28)25(3)17-12-22-19(23-16-11-7-10-15(21)13(16)2)24-18(17)27(26)14-8-5-6-9-14/h7,10-12,14H,4-6,8-9H2,1-3H3,(H,22,23,24). The minimum atomic E-state index is -0.280. The van der Waals surface area contributed by atoms with Crippen molar-refractivity contribution in [3.8, 4) is 0 Å². The summed E-state index contributed by atoms with van der Waals surface area (Å²) in [5.41, 5.74) is 1.82. The first-order valence-corrected chi connectivity index (χ1v) is 9.74. The first kappa shape index (κ1) is 18.5. The molecule has 0 unspecified atom stereocenters. The SMILES string of the molecule is CCN1C(=O)N(C)c2cnc(Nc3cccc(F)c3C)nc2N1C1CCCC1. The molecule has 2 aromatic rings. The highest BCUT2D eigenvalue weighted by atomic mass is 19.1. The molecule has 148 valence electrons. The van der Waals surface area contributed by atoms with Crippen molar-refractivity contribution < 1.29 is 9.18 Å². The Kier molecular flexibility index (Phi) is 4.78. The van der Waals surface area contributed by atoms with Crippen LogP contribution in [0, 0.1) is 12.7 Å². The van der Waals surface area contributed by atoms with Gasteiger partial charge in [0.25, 0.3) is 0 Å². The number of hydrogen-bond acceptors (Lipinski definition) is 5. The summed E-state index contributed by atoms with van der Waals surface area (Å²) in [7, 11) is 1.74. The van der Waals surface area contributed by atoms with Crippen molar-refractivity contribution in [1.82, 2.24) is 15.0 Å². The average Bonchev–Trinajstić information content (AvgIpc) is 3.22. The third-order valence-corrected chi connectivity index (χ3v) is 5.58. The van der Waals surface area contributed by atoms with Gasteiger partial charge in [0.2, 0.25) is 5.95 Å². The molecular formula is C20H25FN6O. The molecule has 1 aromatic heterocycles. The van der Waals surface area contributed by atoms with E-state index >= 15 is 0 Å². The van der Waals surface area contributed by atoms with E-state index in [0.717, 1.165) is 25.7 Å². The van der Waals surface area contributed by atoms with E-state index in [4.69, 9.17) is 4.98 Å². The fourth-order valence-electron chi connectivity index (χ4n) is 3.98. The number of hydrazine groups is 1. The molecule has 7 nitrogen and oxygen atoms in total. The monoisotopic (exact) mass is 384 g/mol. The Hall–Kier alpha value is -2.90. The fourth-order valence-corrected chi connectivity index (χ4v) is 3.98. The number of nitrogens with zero attached hydrogens (tertiary/aromatic N) is 5. The number of carbonyl (C=O) groups is 1. The van der Waals surface area contributed by atoms with Crippen LogP contribution in [0.4, 0.5) is 32.3 Å². The molecule has 8 heteroatoms. The smallest absolute Gasteiger partial charge is 0.324 e.